The second kappa shape index (κ2) is 9.43. The highest BCUT2D eigenvalue weighted by molar-refractivity contribution is 5.91. The van der Waals surface area contributed by atoms with Crippen LogP contribution in [0.3, 0.4) is 0 Å². The highest BCUT2D eigenvalue weighted by Gasteiger charge is 2.51. The Morgan fingerprint density at radius 1 is 1.19 bits per heavy atom. The third-order valence-corrected chi connectivity index (χ3v) is 7.49. The third kappa shape index (κ3) is 4.48. The number of carboxylic acid groups (broad SMARTS) is 1. The summed E-state index contributed by atoms with van der Waals surface area (Å²) in [4.78, 5) is 26.0. The normalized spacial score (nSPS) is 24.6. The molecule has 188 valence electrons. The Hall–Kier alpha value is -3.65. The van der Waals surface area contributed by atoms with Gasteiger partial charge in [-0.25, -0.2) is 9.18 Å². The third-order valence-electron chi connectivity index (χ3n) is 7.49. The largest absolute Gasteiger partial charge is 0.507 e. The minimum Gasteiger partial charge on any atom is -0.507 e. The molecule has 2 aliphatic heterocycles. The number of rotatable bonds is 5. The zero-order valence-electron chi connectivity index (χ0n) is 20.0. The summed E-state index contributed by atoms with van der Waals surface area (Å²) in [5, 5.41) is 22.5. The number of aromatic carboxylic acids is 1. The van der Waals surface area contributed by atoms with E-state index >= 15 is 0 Å². The number of aromatic hydroxyl groups is 1. The molecule has 36 heavy (non-hydrogen) atoms. The fourth-order valence-electron chi connectivity index (χ4n) is 5.78. The number of hydrogen-bond acceptors (Lipinski definition) is 5. The van der Waals surface area contributed by atoms with Crippen molar-refractivity contribution in [2.24, 2.45) is 0 Å². The summed E-state index contributed by atoms with van der Waals surface area (Å²) in [7, 11) is 0. The molecule has 7 nitrogen and oxygen atoms in total. The van der Waals surface area contributed by atoms with Crippen molar-refractivity contribution < 1.29 is 28.6 Å². The van der Waals surface area contributed by atoms with Crippen LogP contribution in [-0.4, -0.2) is 38.6 Å². The Kier molecular flexibility index (Phi) is 6.30. The van der Waals surface area contributed by atoms with E-state index < -0.39 is 11.5 Å². The van der Waals surface area contributed by atoms with Gasteiger partial charge in [-0.05, 0) is 56.5 Å². The van der Waals surface area contributed by atoms with E-state index in [-0.39, 0.29) is 35.1 Å². The number of halogens is 1. The first-order valence-electron chi connectivity index (χ1n) is 12.2. The molecule has 2 aromatic carbocycles. The van der Waals surface area contributed by atoms with E-state index in [1.165, 1.54) is 18.2 Å². The Morgan fingerprint density at radius 2 is 2.00 bits per heavy atom. The summed E-state index contributed by atoms with van der Waals surface area (Å²) in [6.45, 7) is 2.46. The molecule has 2 fully saturated rings. The number of nitrogens with one attached hydrogen (secondary N) is 1. The molecule has 3 heterocycles. The van der Waals surface area contributed by atoms with E-state index in [2.05, 4.69) is 17.1 Å². The van der Waals surface area contributed by atoms with Crippen LogP contribution in [0.4, 0.5) is 4.39 Å². The van der Waals surface area contributed by atoms with Crippen molar-refractivity contribution in [3.63, 3.8) is 0 Å². The van der Waals surface area contributed by atoms with Crippen LogP contribution in [0.25, 0.3) is 11.3 Å². The lowest BCUT2D eigenvalue weighted by Gasteiger charge is -2.38. The number of carboxylic acids is 1. The first-order chi connectivity index (χ1) is 17.2. The lowest BCUT2D eigenvalue weighted by molar-refractivity contribution is -0.123. The first kappa shape index (κ1) is 24.1. The van der Waals surface area contributed by atoms with E-state index in [1.807, 2.05) is 12.1 Å². The summed E-state index contributed by atoms with van der Waals surface area (Å²) in [5.41, 5.74) is 0.471. The molecule has 0 spiro atoms. The quantitative estimate of drug-likeness (QED) is 0.449. The van der Waals surface area contributed by atoms with Crippen LogP contribution in [0, 0.1) is 5.82 Å². The number of nitrogens with zero attached hydrogens (tertiary/aromatic N) is 1. The van der Waals surface area contributed by atoms with Crippen molar-refractivity contribution in [2.75, 3.05) is 0 Å². The zero-order valence-corrected chi connectivity index (χ0v) is 20.0. The summed E-state index contributed by atoms with van der Waals surface area (Å²) in [6.07, 6.45) is 3.69. The zero-order chi connectivity index (χ0) is 25.4. The average Bonchev–Trinajstić information content (AvgIpc) is 3.38. The molecule has 5 rings (SSSR count). The van der Waals surface area contributed by atoms with Crippen LogP contribution in [0.1, 0.15) is 66.8 Å². The molecule has 2 aliphatic rings. The van der Waals surface area contributed by atoms with E-state index in [4.69, 9.17) is 9.52 Å². The molecular formula is C28H29FN2O5. The molecule has 0 saturated carbocycles. The fourth-order valence-corrected chi connectivity index (χ4v) is 5.78. The number of fused-ring (bicyclic) bond motifs is 1. The second-order valence-corrected chi connectivity index (χ2v) is 9.94. The summed E-state index contributed by atoms with van der Waals surface area (Å²) in [5.74, 6) is -0.634. The molecule has 0 unspecified atom stereocenters. The molecule has 8 heteroatoms. The smallest absolute Gasteiger partial charge is 0.339 e. The van der Waals surface area contributed by atoms with Crippen LogP contribution in [-0.2, 0) is 11.3 Å². The van der Waals surface area contributed by atoms with Crippen molar-refractivity contribution in [3.8, 4) is 17.1 Å². The molecule has 0 aliphatic carbocycles. The molecule has 3 N–H and O–H groups in total. The Balaban J connectivity index is 1.47. The number of likely N-dealkylation sites (tertiary alicyclic amines) is 1. The van der Waals surface area contributed by atoms with Gasteiger partial charge in [0.2, 0.25) is 5.91 Å². The number of carbonyl (C=O) groups is 2. The van der Waals surface area contributed by atoms with Gasteiger partial charge in [-0.1, -0.05) is 30.7 Å². The maximum atomic E-state index is 14.9. The van der Waals surface area contributed by atoms with Crippen LogP contribution in [0.15, 0.2) is 59.0 Å². The molecular weight excluding hydrogens is 463 g/mol. The van der Waals surface area contributed by atoms with Gasteiger partial charge in [0.15, 0.2) is 0 Å². The topological polar surface area (TPSA) is 103 Å². The van der Waals surface area contributed by atoms with Crippen molar-refractivity contribution >= 4 is 11.9 Å². The van der Waals surface area contributed by atoms with Crippen LogP contribution < -0.4 is 5.32 Å². The molecule has 3 atom stereocenters. The number of phenols is 1. The number of benzene rings is 2. The standard InChI is InChI=1S/C28H29FN2O5/c1-28-15-22(19-6-2-3-7-21(19)29)31(25(28)8-4-5-9-26(33)30-28)16-18-11-13-24(36-18)17-10-12-20(27(34)35)23(32)14-17/h2-3,6-7,10-14,22,25,32H,4-5,8-9,15-16H2,1H3,(H,30,33)(H,34,35)/t22-,25-,28-/m0/s1. The van der Waals surface area contributed by atoms with Crippen molar-refractivity contribution in [1.29, 1.82) is 0 Å². The van der Waals surface area contributed by atoms with E-state index in [0.29, 0.717) is 42.0 Å². The molecule has 0 radical (unpaired) electrons. The van der Waals surface area contributed by atoms with Crippen molar-refractivity contribution in [2.45, 2.75) is 63.2 Å². The van der Waals surface area contributed by atoms with Crippen molar-refractivity contribution in [1.82, 2.24) is 10.2 Å². The minimum atomic E-state index is -1.21. The van der Waals surface area contributed by atoms with Gasteiger partial charge in [0.05, 0.1) is 12.1 Å². The predicted molar refractivity (Wildman–Crippen MR) is 131 cm³/mol. The molecule has 1 aromatic heterocycles. The Bertz CT molecular complexity index is 1300. The van der Waals surface area contributed by atoms with E-state index in [1.54, 1.807) is 24.3 Å². The van der Waals surface area contributed by atoms with Gasteiger partial charge in [-0.2, -0.15) is 0 Å². The van der Waals surface area contributed by atoms with E-state index in [0.717, 1.165) is 19.3 Å². The molecule has 3 aromatic rings. The average molecular weight is 493 g/mol. The van der Waals surface area contributed by atoms with Crippen LogP contribution in [0.5, 0.6) is 5.75 Å². The fraction of sp³-hybridized carbons (Fsp3) is 0.357. The van der Waals surface area contributed by atoms with Gasteiger partial charge >= 0.3 is 5.97 Å². The Morgan fingerprint density at radius 3 is 2.75 bits per heavy atom. The van der Waals surface area contributed by atoms with E-state index in [9.17, 15) is 19.1 Å². The lowest BCUT2D eigenvalue weighted by atomic mass is 9.85. The number of hydrogen-bond donors (Lipinski definition) is 3. The van der Waals surface area contributed by atoms with Gasteiger partial charge < -0.3 is 19.9 Å². The maximum Gasteiger partial charge on any atom is 0.339 e. The van der Waals surface area contributed by atoms with Gasteiger partial charge in [0, 0.05) is 29.6 Å². The molecule has 0 bridgehead atoms. The first-order valence-corrected chi connectivity index (χ1v) is 12.2. The van der Waals surface area contributed by atoms with Gasteiger partial charge in [-0.3, -0.25) is 9.69 Å². The predicted octanol–water partition coefficient (Wildman–Crippen LogP) is 5.25. The van der Waals surface area contributed by atoms with Crippen molar-refractivity contribution in [3.05, 3.63) is 77.3 Å². The number of carbonyl (C=O) groups excluding carboxylic acids is 1. The maximum absolute atomic E-state index is 14.9. The number of furan rings is 1. The highest BCUT2D eigenvalue weighted by Crippen LogP contribution is 2.46. The highest BCUT2D eigenvalue weighted by atomic mass is 19.1. The summed E-state index contributed by atoms with van der Waals surface area (Å²) < 4.78 is 21.1. The second-order valence-electron chi connectivity index (χ2n) is 9.94. The lowest BCUT2D eigenvalue weighted by Crippen LogP contribution is -2.55. The van der Waals surface area contributed by atoms with Gasteiger partial charge in [0.25, 0.3) is 0 Å². The van der Waals surface area contributed by atoms with Gasteiger partial charge in [0.1, 0.15) is 28.7 Å². The summed E-state index contributed by atoms with van der Waals surface area (Å²) >= 11 is 0. The summed E-state index contributed by atoms with van der Waals surface area (Å²) in [6, 6.07) is 14.4. The SMILES string of the molecule is C[C@]12C[C@@H](c3ccccc3F)N(Cc3ccc(-c4ccc(C(=O)O)c(O)c4)o3)[C@H]1CCCCC(=O)N2. The van der Waals surface area contributed by atoms with Gasteiger partial charge in [-0.15, -0.1) is 0 Å². The van der Waals surface area contributed by atoms with Crippen LogP contribution >= 0.6 is 0 Å². The Labute approximate surface area is 208 Å². The minimum absolute atomic E-state index is 0.00111. The molecule has 2 saturated heterocycles. The monoisotopic (exact) mass is 492 g/mol. The molecule has 1 amide bonds. The van der Waals surface area contributed by atoms with Crippen LogP contribution in [0.2, 0.25) is 0 Å². The number of amides is 1.